The molecule has 4 nitrogen and oxygen atoms in total. The van der Waals surface area contributed by atoms with Crippen LogP contribution in [0.3, 0.4) is 0 Å². The van der Waals surface area contributed by atoms with E-state index in [1.807, 2.05) is 10.6 Å². The Labute approximate surface area is 76.7 Å². The lowest BCUT2D eigenvalue weighted by atomic mass is 10.2. The number of hydrogen-bond acceptors (Lipinski definition) is 2. The largest absolute Gasteiger partial charge is 0.364 e. The van der Waals surface area contributed by atoms with Crippen LogP contribution in [0.5, 0.6) is 0 Å². The van der Waals surface area contributed by atoms with E-state index in [0.29, 0.717) is 11.7 Å². The average molecular weight is 179 g/mol. The second-order valence-electron chi connectivity index (χ2n) is 3.34. The zero-order valence-corrected chi connectivity index (χ0v) is 7.58. The number of rotatable bonds is 1. The number of nitrogens with one attached hydrogen (secondary N) is 1. The highest BCUT2D eigenvalue weighted by molar-refractivity contribution is 5.91. The summed E-state index contributed by atoms with van der Waals surface area (Å²) in [7, 11) is 0. The number of nitrogens with zero attached hydrogens (tertiary/aromatic N) is 1. The van der Waals surface area contributed by atoms with Gasteiger partial charge < -0.3 is 15.6 Å². The average Bonchev–Trinajstić information content (AvgIpc) is 2.48. The molecule has 1 aliphatic rings. The number of carbonyl (C=O) groups excluding carboxylic acids is 1. The van der Waals surface area contributed by atoms with Gasteiger partial charge in [-0.3, -0.25) is 4.79 Å². The monoisotopic (exact) mass is 179 g/mol. The molecule has 0 bridgehead atoms. The van der Waals surface area contributed by atoms with Gasteiger partial charge in [0.2, 0.25) is 0 Å². The maximum absolute atomic E-state index is 11.0. The summed E-state index contributed by atoms with van der Waals surface area (Å²) in [5, 5.41) is 3.32. The van der Waals surface area contributed by atoms with Crippen LogP contribution in [0.4, 0.5) is 0 Å². The highest BCUT2D eigenvalue weighted by Crippen LogP contribution is 2.19. The third-order valence-electron chi connectivity index (χ3n) is 2.50. The van der Waals surface area contributed by atoms with Crippen LogP contribution < -0.4 is 11.1 Å². The van der Waals surface area contributed by atoms with Crippen LogP contribution in [0, 0.1) is 0 Å². The molecule has 0 fully saturated rings. The number of fused-ring (bicyclic) bond motifs is 1. The molecule has 0 aromatic carbocycles. The van der Waals surface area contributed by atoms with E-state index in [2.05, 4.69) is 12.2 Å². The van der Waals surface area contributed by atoms with Crippen molar-refractivity contribution >= 4 is 5.91 Å². The van der Waals surface area contributed by atoms with E-state index in [0.717, 1.165) is 18.8 Å². The van der Waals surface area contributed by atoms with Crippen molar-refractivity contribution in [1.82, 2.24) is 9.88 Å². The zero-order chi connectivity index (χ0) is 9.42. The van der Waals surface area contributed by atoms with Gasteiger partial charge in [-0.1, -0.05) is 0 Å². The van der Waals surface area contributed by atoms with Crippen molar-refractivity contribution in [1.29, 1.82) is 0 Å². The van der Waals surface area contributed by atoms with Crippen molar-refractivity contribution in [3.05, 3.63) is 23.5 Å². The molecular weight excluding hydrogens is 166 g/mol. The highest BCUT2D eigenvalue weighted by Gasteiger charge is 2.19. The van der Waals surface area contributed by atoms with Gasteiger partial charge in [0, 0.05) is 24.8 Å². The molecule has 1 unspecified atom stereocenters. The van der Waals surface area contributed by atoms with E-state index in [-0.39, 0.29) is 5.91 Å². The summed E-state index contributed by atoms with van der Waals surface area (Å²) < 4.78 is 1.99. The van der Waals surface area contributed by atoms with Crippen LogP contribution in [0.2, 0.25) is 0 Å². The fourth-order valence-electron chi connectivity index (χ4n) is 1.82. The van der Waals surface area contributed by atoms with Crippen molar-refractivity contribution in [3.63, 3.8) is 0 Å². The van der Waals surface area contributed by atoms with Gasteiger partial charge in [-0.2, -0.15) is 0 Å². The van der Waals surface area contributed by atoms with Gasteiger partial charge >= 0.3 is 0 Å². The first-order valence-corrected chi connectivity index (χ1v) is 4.43. The van der Waals surface area contributed by atoms with E-state index in [1.54, 1.807) is 6.07 Å². The van der Waals surface area contributed by atoms with Gasteiger partial charge in [0.1, 0.15) is 5.69 Å². The Bertz CT molecular complexity index is 343. The number of amides is 1. The molecule has 0 spiro atoms. The van der Waals surface area contributed by atoms with Gasteiger partial charge in [-0.15, -0.1) is 0 Å². The van der Waals surface area contributed by atoms with E-state index in [4.69, 9.17) is 5.73 Å². The number of carbonyl (C=O) groups is 1. The molecular formula is C9H13N3O. The summed E-state index contributed by atoms with van der Waals surface area (Å²) >= 11 is 0. The van der Waals surface area contributed by atoms with Gasteiger partial charge in [-0.25, -0.2) is 0 Å². The molecule has 1 aliphatic heterocycles. The number of nitrogens with two attached hydrogens (primary N) is 1. The second kappa shape index (κ2) is 2.88. The van der Waals surface area contributed by atoms with Crippen molar-refractivity contribution in [2.45, 2.75) is 19.5 Å². The third-order valence-corrected chi connectivity index (χ3v) is 2.50. The highest BCUT2D eigenvalue weighted by atomic mass is 16.1. The Morgan fingerprint density at radius 3 is 3.15 bits per heavy atom. The Balaban J connectivity index is 2.47. The molecule has 1 amide bonds. The quantitative estimate of drug-likeness (QED) is 0.649. The standard InChI is InChI=1S/C9H13N3O/c1-6-7-2-3-8(9(10)13)12(7)5-4-11-6/h2-3,6,11H,4-5H2,1H3,(H2,10,13). The topological polar surface area (TPSA) is 60.1 Å². The van der Waals surface area contributed by atoms with Gasteiger partial charge in [0.25, 0.3) is 5.91 Å². The maximum Gasteiger partial charge on any atom is 0.265 e. The van der Waals surface area contributed by atoms with Crippen molar-refractivity contribution < 1.29 is 4.79 Å². The molecule has 0 saturated carbocycles. The predicted molar refractivity (Wildman–Crippen MR) is 49.4 cm³/mol. The lowest BCUT2D eigenvalue weighted by molar-refractivity contribution is 0.0990. The zero-order valence-electron chi connectivity index (χ0n) is 7.58. The Morgan fingerprint density at radius 2 is 2.46 bits per heavy atom. The van der Waals surface area contributed by atoms with Crippen molar-refractivity contribution in [2.24, 2.45) is 5.73 Å². The molecule has 1 aromatic rings. The molecule has 0 radical (unpaired) electrons. The van der Waals surface area contributed by atoms with E-state index in [1.165, 1.54) is 0 Å². The van der Waals surface area contributed by atoms with Crippen LogP contribution in [-0.4, -0.2) is 17.0 Å². The molecule has 4 heteroatoms. The molecule has 3 N–H and O–H groups in total. The third kappa shape index (κ3) is 1.23. The van der Waals surface area contributed by atoms with Gasteiger partial charge in [0.05, 0.1) is 0 Å². The summed E-state index contributed by atoms with van der Waals surface area (Å²) in [4.78, 5) is 11.0. The second-order valence-corrected chi connectivity index (χ2v) is 3.34. The molecule has 70 valence electrons. The SMILES string of the molecule is CC1NCCn2c(C(N)=O)ccc21. The van der Waals surface area contributed by atoms with Gasteiger partial charge in [0.15, 0.2) is 0 Å². The first-order valence-electron chi connectivity index (χ1n) is 4.43. The summed E-state index contributed by atoms with van der Waals surface area (Å²) in [5.41, 5.74) is 7.00. The Morgan fingerprint density at radius 1 is 1.69 bits per heavy atom. The lowest BCUT2D eigenvalue weighted by Gasteiger charge is -2.24. The summed E-state index contributed by atoms with van der Waals surface area (Å²) in [6.07, 6.45) is 0. The molecule has 13 heavy (non-hydrogen) atoms. The Hall–Kier alpha value is -1.29. The minimum Gasteiger partial charge on any atom is -0.364 e. The predicted octanol–water partition coefficient (Wildman–Crippen LogP) is 0.251. The first kappa shape index (κ1) is 8.31. The molecule has 2 heterocycles. The van der Waals surface area contributed by atoms with Crippen LogP contribution in [-0.2, 0) is 6.54 Å². The summed E-state index contributed by atoms with van der Waals surface area (Å²) in [6.45, 7) is 3.80. The Kier molecular flexibility index (Phi) is 1.84. The van der Waals surface area contributed by atoms with E-state index in [9.17, 15) is 4.79 Å². The molecule has 1 aromatic heterocycles. The maximum atomic E-state index is 11.0. The van der Waals surface area contributed by atoms with Crippen LogP contribution in [0.15, 0.2) is 12.1 Å². The smallest absolute Gasteiger partial charge is 0.265 e. The normalized spacial score (nSPS) is 21.2. The van der Waals surface area contributed by atoms with Crippen LogP contribution >= 0.6 is 0 Å². The van der Waals surface area contributed by atoms with Crippen LogP contribution in [0.25, 0.3) is 0 Å². The van der Waals surface area contributed by atoms with Crippen molar-refractivity contribution in [3.8, 4) is 0 Å². The van der Waals surface area contributed by atoms with E-state index < -0.39 is 0 Å². The minimum atomic E-state index is -0.347. The van der Waals surface area contributed by atoms with E-state index >= 15 is 0 Å². The number of primary amides is 1. The van der Waals surface area contributed by atoms with Crippen LogP contribution in [0.1, 0.15) is 29.1 Å². The number of aromatic nitrogens is 1. The molecule has 1 atom stereocenters. The summed E-state index contributed by atoms with van der Waals surface area (Å²) in [5.74, 6) is -0.347. The molecule has 0 aliphatic carbocycles. The summed E-state index contributed by atoms with van der Waals surface area (Å²) in [6, 6.07) is 4.06. The fourth-order valence-corrected chi connectivity index (χ4v) is 1.82. The molecule has 0 saturated heterocycles. The minimum absolute atomic E-state index is 0.307. The first-order chi connectivity index (χ1) is 6.20. The number of hydrogen-bond donors (Lipinski definition) is 2. The molecule has 2 rings (SSSR count). The fraction of sp³-hybridized carbons (Fsp3) is 0.444. The van der Waals surface area contributed by atoms with Crippen molar-refractivity contribution in [2.75, 3.05) is 6.54 Å². The lowest BCUT2D eigenvalue weighted by Crippen LogP contribution is -2.33. The van der Waals surface area contributed by atoms with Gasteiger partial charge in [-0.05, 0) is 19.1 Å².